The molecule has 0 radical (unpaired) electrons. The number of anilines is 1. The minimum absolute atomic E-state index is 0.665. The Morgan fingerprint density at radius 3 is 2.81 bits per heavy atom. The molecular weight excluding hydrogens is 326 g/mol. The average Bonchev–Trinajstić information content (AvgIpc) is 3.24. The van der Waals surface area contributed by atoms with Gasteiger partial charge in [-0.2, -0.15) is 0 Å². The first-order valence-corrected chi connectivity index (χ1v) is 8.52. The van der Waals surface area contributed by atoms with Gasteiger partial charge in [0.15, 0.2) is 0 Å². The Hall–Kier alpha value is -3.28. The number of nitrogens with one attached hydrogen (secondary N) is 1. The summed E-state index contributed by atoms with van der Waals surface area (Å²) in [5, 5.41) is 3.45. The Labute approximate surface area is 152 Å². The quantitative estimate of drug-likeness (QED) is 0.580. The van der Waals surface area contributed by atoms with Crippen LogP contribution in [0.5, 0.6) is 5.75 Å². The fourth-order valence-corrected chi connectivity index (χ4v) is 3.05. The van der Waals surface area contributed by atoms with Gasteiger partial charge in [-0.3, -0.25) is 0 Å². The van der Waals surface area contributed by atoms with Gasteiger partial charge < -0.3 is 19.2 Å². The van der Waals surface area contributed by atoms with Crippen LogP contribution < -0.4 is 10.1 Å². The van der Waals surface area contributed by atoms with E-state index >= 15 is 0 Å². The number of aryl methyl sites for hydroxylation is 1. The van der Waals surface area contributed by atoms with Crippen molar-refractivity contribution >= 4 is 17.0 Å². The average molecular weight is 347 g/mol. The lowest BCUT2D eigenvalue weighted by Gasteiger charge is -2.12. The largest absolute Gasteiger partial charge is 0.497 e. The van der Waals surface area contributed by atoms with Crippen molar-refractivity contribution in [2.75, 3.05) is 12.4 Å². The molecule has 0 aliphatic carbocycles. The van der Waals surface area contributed by atoms with Gasteiger partial charge in [-0.05, 0) is 29.8 Å². The molecule has 0 aliphatic heterocycles. The molecule has 26 heavy (non-hydrogen) atoms. The van der Waals surface area contributed by atoms with Crippen LogP contribution in [-0.2, 0) is 20.1 Å². The summed E-state index contributed by atoms with van der Waals surface area (Å²) >= 11 is 0. The maximum absolute atomic E-state index is 5.35. The molecule has 0 fully saturated rings. The van der Waals surface area contributed by atoms with Crippen LogP contribution in [0.4, 0.5) is 5.95 Å². The van der Waals surface area contributed by atoms with E-state index in [1.807, 2.05) is 48.1 Å². The predicted octanol–water partition coefficient (Wildman–Crippen LogP) is 3.44. The van der Waals surface area contributed by atoms with Crippen molar-refractivity contribution in [1.82, 2.24) is 19.1 Å². The molecule has 132 valence electrons. The van der Waals surface area contributed by atoms with Gasteiger partial charge in [0.2, 0.25) is 5.95 Å². The third kappa shape index (κ3) is 3.13. The molecule has 0 bridgehead atoms. The highest BCUT2D eigenvalue weighted by atomic mass is 16.5. The van der Waals surface area contributed by atoms with E-state index in [0.29, 0.717) is 13.1 Å². The lowest BCUT2D eigenvalue weighted by molar-refractivity contribution is 0.414. The van der Waals surface area contributed by atoms with E-state index in [2.05, 4.69) is 33.1 Å². The number of methoxy groups -OCH3 is 1. The molecular formula is C20H21N5O. The minimum atomic E-state index is 0.665. The van der Waals surface area contributed by atoms with E-state index in [1.54, 1.807) is 13.4 Å². The van der Waals surface area contributed by atoms with Crippen molar-refractivity contribution in [2.45, 2.75) is 13.1 Å². The Balaban J connectivity index is 1.68. The SMILES string of the molecule is COc1cccc(Cn2c(NCc3cncn3C)nc3ccccc32)c1. The van der Waals surface area contributed by atoms with Crippen LogP contribution in [-0.4, -0.2) is 26.2 Å². The number of nitrogens with zero attached hydrogens (tertiary/aromatic N) is 4. The van der Waals surface area contributed by atoms with Crippen LogP contribution in [0.2, 0.25) is 0 Å². The predicted molar refractivity (Wildman–Crippen MR) is 102 cm³/mol. The summed E-state index contributed by atoms with van der Waals surface area (Å²) in [6.07, 6.45) is 3.66. The van der Waals surface area contributed by atoms with Crippen molar-refractivity contribution in [1.29, 1.82) is 0 Å². The maximum Gasteiger partial charge on any atom is 0.204 e. The zero-order chi connectivity index (χ0) is 17.9. The third-order valence-electron chi connectivity index (χ3n) is 4.47. The van der Waals surface area contributed by atoms with Gasteiger partial charge in [-0.15, -0.1) is 0 Å². The van der Waals surface area contributed by atoms with Gasteiger partial charge in [0.25, 0.3) is 0 Å². The second kappa shape index (κ2) is 6.92. The van der Waals surface area contributed by atoms with Crippen LogP contribution in [0.1, 0.15) is 11.3 Å². The summed E-state index contributed by atoms with van der Waals surface area (Å²) in [7, 11) is 3.68. The molecule has 0 atom stereocenters. The molecule has 2 aromatic heterocycles. The van der Waals surface area contributed by atoms with Crippen LogP contribution >= 0.6 is 0 Å². The zero-order valence-electron chi connectivity index (χ0n) is 14.9. The molecule has 0 spiro atoms. The molecule has 1 N–H and O–H groups in total. The second-order valence-corrected chi connectivity index (χ2v) is 6.21. The fraction of sp³-hybridized carbons (Fsp3) is 0.200. The van der Waals surface area contributed by atoms with Gasteiger partial charge in [-0.1, -0.05) is 24.3 Å². The number of imidazole rings is 2. The maximum atomic E-state index is 5.35. The van der Waals surface area contributed by atoms with E-state index in [1.165, 1.54) is 0 Å². The molecule has 4 rings (SSSR count). The van der Waals surface area contributed by atoms with Crippen molar-refractivity contribution in [2.24, 2.45) is 7.05 Å². The number of hydrogen-bond acceptors (Lipinski definition) is 4. The van der Waals surface area contributed by atoms with Gasteiger partial charge in [0.1, 0.15) is 5.75 Å². The lowest BCUT2D eigenvalue weighted by atomic mass is 10.2. The second-order valence-electron chi connectivity index (χ2n) is 6.21. The molecule has 6 nitrogen and oxygen atoms in total. The first-order chi connectivity index (χ1) is 12.7. The molecule has 0 aliphatic rings. The van der Waals surface area contributed by atoms with Gasteiger partial charge in [-0.25, -0.2) is 9.97 Å². The first kappa shape index (κ1) is 16.2. The Morgan fingerprint density at radius 1 is 1.12 bits per heavy atom. The van der Waals surface area contributed by atoms with Gasteiger partial charge in [0.05, 0.1) is 43.3 Å². The number of para-hydroxylation sites is 2. The van der Waals surface area contributed by atoms with E-state index in [0.717, 1.165) is 34.0 Å². The highest BCUT2D eigenvalue weighted by Gasteiger charge is 2.11. The minimum Gasteiger partial charge on any atom is -0.497 e. The topological polar surface area (TPSA) is 56.9 Å². The zero-order valence-corrected chi connectivity index (χ0v) is 14.9. The number of fused-ring (bicyclic) bond motifs is 1. The summed E-state index contributed by atoms with van der Waals surface area (Å²) in [5.74, 6) is 1.70. The van der Waals surface area contributed by atoms with E-state index < -0.39 is 0 Å². The molecule has 2 heterocycles. The fourth-order valence-electron chi connectivity index (χ4n) is 3.05. The van der Waals surface area contributed by atoms with Crippen molar-refractivity contribution < 1.29 is 4.74 Å². The molecule has 4 aromatic rings. The molecule has 0 saturated carbocycles. The van der Waals surface area contributed by atoms with E-state index in [9.17, 15) is 0 Å². The highest BCUT2D eigenvalue weighted by molar-refractivity contribution is 5.78. The lowest BCUT2D eigenvalue weighted by Crippen LogP contribution is -2.10. The van der Waals surface area contributed by atoms with Crippen molar-refractivity contribution in [3.63, 3.8) is 0 Å². The number of aromatic nitrogens is 4. The molecule has 0 saturated heterocycles. The van der Waals surface area contributed by atoms with E-state index in [4.69, 9.17) is 9.72 Å². The Morgan fingerprint density at radius 2 is 2.00 bits per heavy atom. The smallest absolute Gasteiger partial charge is 0.204 e. The summed E-state index contributed by atoms with van der Waals surface area (Å²) < 4.78 is 9.55. The number of ether oxygens (including phenoxy) is 1. The number of benzene rings is 2. The summed E-state index contributed by atoms with van der Waals surface area (Å²) in [4.78, 5) is 8.94. The highest BCUT2D eigenvalue weighted by Crippen LogP contribution is 2.23. The van der Waals surface area contributed by atoms with Crippen LogP contribution in [0.25, 0.3) is 11.0 Å². The molecule has 0 unspecified atom stereocenters. The van der Waals surface area contributed by atoms with Crippen LogP contribution in [0.3, 0.4) is 0 Å². The summed E-state index contributed by atoms with van der Waals surface area (Å²) in [5.41, 5.74) is 4.34. The number of hydrogen-bond donors (Lipinski definition) is 1. The molecule has 2 aromatic carbocycles. The van der Waals surface area contributed by atoms with Gasteiger partial charge in [0, 0.05) is 13.2 Å². The molecule has 6 heteroatoms. The monoisotopic (exact) mass is 347 g/mol. The molecule has 0 amide bonds. The van der Waals surface area contributed by atoms with Gasteiger partial charge >= 0.3 is 0 Å². The Kier molecular flexibility index (Phi) is 4.31. The Bertz CT molecular complexity index is 1030. The van der Waals surface area contributed by atoms with Crippen molar-refractivity contribution in [3.8, 4) is 5.75 Å². The summed E-state index contributed by atoms with van der Waals surface area (Å²) in [6.45, 7) is 1.38. The first-order valence-electron chi connectivity index (χ1n) is 8.52. The third-order valence-corrected chi connectivity index (χ3v) is 4.47. The standard InChI is InChI=1S/C20H21N5O/c1-24-14-21-11-16(24)12-22-20-23-18-8-3-4-9-19(18)25(20)13-15-6-5-7-17(10-15)26-2/h3-11,14H,12-13H2,1-2H3,(H,22,23). The number of rotatable bonds is 6. The van der Waals surface area contributed by atoms with E-state index in [-0.39, 0.29) is 0 Å². The normalized spacial score (nSPS) is 11.0. The van der Waals surface area contributed by atoms with Crippen LogP contribution in [0, 0.1) is 0 Å². The summed E-state index contributed by atoms with van der Waals surface area (Å²) in [6, 6.07) is 16.3. The van der Waals surface area contributed by atoms with Crippen molar-refractivity contribution in [3.05, 3.63) is 72.3 Å². The van der Waals surface area contributed by atoms with Crippen LogP contribution in [0.15, 0.2) is 61.1 Å².